The Labute approximate surface area is 289 Å². The second kappa shape index (κ2) is 11.7. The average molecular weight is 797 g/mol. The van der Waals surface area contributed by atoms with Gasteiger partial charge in [0.15, 0.2) is 0 Å². The van der Waals surface area contributed by atoms with Crippen LogP contribution in [0.3, 0.4) is 0 Å². The Hall–Kier alpha value is -3.44. The van der Waals surface area contributed by atoms with Crippen molar-refractivity contribution in [1.82, 2.24) is 9.97 Å². The zero-order valence-corrected chi connectivity index (χ0v) is 29.8. The van der Waals surface area contributed by atoms with E-state index in [1.165, 1.54) is 23.5 Å². The van der Waals surface area contributed by atoms with Crippen molar-refractivity contribution in [2.24, 2.45) is 0 Å². The van der Waals surface area contributed by atoms with Gasteiger partial charge in [0.1, 0.15) is 5.58 Å². The van der Waals surface area contributed by atoms with Crippen molar-refractivity contribution in [3.8, 4) is 22.5 Å². The molecule has 6 aromatic rings. The molecule has 0 N–H and O–H groups in total. The molecule has 0 spiro atoms. The Morgan fingerprint density at radius 2 is 1.58 bits per heavy atom. The van der Waals surface area contributed by atoms with Crippen molar-refractivity contribution in [3.63, 3.8) is 0 Å². The molecular formula is C39H39FIrN2OSi-2. The van der Waals surface area contributed by atoms with E-state index < -0.39 is 32.6 Å². The third-order valence-electron chi connectivity index (χ3n) is 9.28. The van der Waals surface area contributed by atoms with Gasteiger partial charge in [-0.25, -0.2) is 0 Å². The molecule has 1 aliphatic rings. The largest absolute Gasteiger partial charge is 0.476 e. The second-order valence-electron chi connectivity index (χ2n) is 13.5. The first kappa shape index (κ1) is 25.7. The van der Waals surface area contributed by atoms with E-state index in [1.54, 1.807) is 6.07 Å². The van der Waals surface area contributed by atoms with Gasteiger partial charge in [-0.2, -0.15) is 0 Å². The second-order valence-corrected chi connectivity index (χ2v) is 18.6. The molecule has 0 saturated carbocycles. The molecule has 0 fully saturated rings. The summed E-state index contributed by atoms with van der Waals surface area (Å²) < 4.78 is 67.8. The number of rotatable bonds is 2. The van der Waals surface area contributed by atoms with Crippen LogP contribution in [0.4, 0.5) is 4.39 Å². The first-order valence-corrected chi connectivity index (χ1v) is 18.2. The molecule has 0 atom stereocenters. The minimum absolute atomic E-state index is 0. The van der Waals surface area contributed by atoms with Gasteiger partial charge in [-0.15, -0.1) is 47.5 Å². The van der Waals surface area contributed by atoms with Crippen molar-refractivity contribution < 1.29 is 37.1 Å². The zero-order chi connectivity index (χ0) is 36.6. The number of aryl methyl sites for hydroxylation is 1. The van der Waals surface area contributed by atoms with Gasteiger partial charge in [0.25, 0.3) is 0 Å². The van der Waals surface area contributed by atoms with E-state index in [4.69, 9.17) is 12.6 Å². The topological polar surface area (TPSA) is 38.9 Å². The minimum atomic E-state index is -2.62. The first-order chi connectivity index (χ1) is 23.1. The van der Waals surface area contributed by atoms with Crippen molar-refractivity contribution in [1.29, 1.82) is 0 Å². The molecule has 1 radical (unpaired) electrons. The SMILES string of the molecule is C[Si](C)(C)c1ccc(-c2[c-]cc(F)cc2)nc1.[2H]C([2H])([2H])c1cnc2c(c1C([2H])([2H])[2H])C(C)(C)C(C)(C)c1c-2[c-]cc2c1oc1ccccc12.[Ir]. The zero-order valence-electron chi connectivity index (χ0n) is 32.4. The fraction of sp³-hybridized carbons (Fsp3) is 0.282. The van der Waals surface area contributed by atoms with E-state index >= 15 is 0 Å². The van der Waals surface area contributed by atoms with Crippen LogP contribution in [-0.2, 0) is 30.9 Å². The average Bonchev–Trinajstić information content (AvgIpc) is 3.41. The third kappa shape index (κ3) is 5.52. The number of hydrogen-bond donors (Lipinski definition) is 0. The quantitative estimate of drug-likeness (QED) is 0.130. The monoisotopic (exact) mass is 797 g/mol. The molecule has 6 heteroatoms. The summed E-state index contributed by atoms with van der Waals surface area (Å²) in [5.74, 6) is -0.271. The molecule has 0 aliphatic heterocycles. The summed E-state index contributed by atoms with van der Waals surface area (Å²) >= 11 is 0. The van der Waals surface area contributed by atoms with Crippen LogP contribution < -0.4 is 5.19 Å². The van der Waals surface area contributed by atoms with Gasteiger partial charge in [0.2, 0.25) is 0 Å². The number of para-hydroxylation sites is 1. The van der Waals surface area contributed by atoms with Crippen molar-refractivity contribution in [2.75, 3.05) is 0 Å². The van der Waals surface area contributed by atoms with E-state index in [0.717, 1.165) is 38.8 Å². The first-order valence-electron chi connectivity index (χ1n) is 17.7. The fourth-order valence-corrected chi connectivity index (χ4v) is 7.04. The summed E-state index contributed by atoms with van der Waals surface area (Å²) in [5, 5.41) is 3.25. The van der Waals surface area contributed by atoms with Gasteiger partial charge in [-0.1, -0.05) is 99.7 Å². The molecule has 3 heterocycles. The number of halogens is 1. The Kier molecular flexibility index (Phi) is 6.70. The van der Waals surface area contributed by atoms with Gasteiger partial charge in [-0.3, -0.25) is 4.39 Å². The van der Waals surface area contributed by atoms with Gasteiger partial charge in [-0.05, 0) is 58.1 Å². The Balaban J connectivity index is 0.000000237. The van der Waals surface area contributed by atoms with E-state index in [9.17, 15) is 4.39 Å². The van der Waals surface area contributed by atoms with Crippen LogP contribution in [0.1, 0.15) is 58.2 Å². The molecular weight excluding hydrogens is 752 g/mol. The summed E-state index contributed by atoms with van der Waals surface area (Å²) in [6, 6.07) is 24.5. The number of fused-ring (bicyclic) bond motifs is 7. The Bertz CT molecular complexity index is 2240. The molecule has 3 nitrogen and oxygen atoms in total. The van der Waals surface area contributed by atoms with Gasteiger partial charge in [0.05, 0.1) is 13.7 Å². The number of pyridine rings is 2. The van der Waals surface area contributed by atoms with Gasteiger partial charge in [0, 0.05) is 46.5 Å². The van der Waals surface area contributed by atoms with Crippen LogP contribution in [0.5, 0.6) is 0 Å². The third-order valence-corrected chi connectivity index (χ3v) is 11.3. The van der Waals surface area contributed by atoms with E-state index in [0.29, 0.717) is 16.8 Å². The number of hydrogen-bond acceptors (Lipinski definition) is 3. The summed E-state index contributed by atoms with van der Waals surface area (Å²) in [7, 11) is -1.30. The number of nitrogens with zero attached hydrogens (tertiary/aromatic N) is 2. The Morgan fingerprint density at radius 1 is 0.822 bits per heavy atom. The molecule has 0 amide bonds. The van der Waals surface area contributed by atoms with Gasteiger partial charge >= 0.3 is 0 Å². The maximum atomic E-state index is 12.8. The normalized spacial score (nSPS) is 17.2. The molecule has 3 aromatic heterocycles. The maximum absolute atomic E-state index is 12.8. The van der Waals surface area contributed by atoms with Crippen LogP contribution in [0, 0.1) is 31.7 Å². The van der Waals surface area contributed by atoms with Crippen LogP contribution in [0.15, 0.2) is 77.5 Å². The summed E-state index contributed by atoms with van der Waals surface area (Å²) in [5.41, 5.74) is 3.88. The van der Waals surface area contributed by atoms with Crippen molar-refractivity contribution in [3.05, 3.63) is 113 Å². The van der Waals surface area contributed by atoms with Crippen LogP contribution in [-0.4, -0.2) is 18.0 Å². The fourth-order valence-electron chi connectivity index (χ4n) is 6.00. The van der Waals surface area contributed by atoms with Gasteiger partial charge < -0.3 is 14.4 Å². The van der Waals surface area contributed by atoms with E-state index in [1.807, 2.05) is 70.3 Å². The molecule has 7 rings (SSSR count). The number of aromatic nitrogens is 2. The van der Waals surface area contributed by atoms with Crippen molar-refractivity contribution >= 4 is 35.2 Å². The molecule has 45 heavy (non-hydrogen) atoms. The van der Waals surface area contributed by atoms with E-state index in [-0.39, 0.29) is 37.0 Å². The number of benzene rings is 3. The predicted molar refractivity (Wildman–Crippen MR) is 183 cm³/mol. The van der Waals surface area contributed by atoms with Crippen LogP contribution >= 0.6 is 0 Å². The summed E-state index contributed by atoms with van der Waals surface area (Å²) in [6.07, 6.45) is 3.13. The minimum Gasteiger partial charge on any atom is -0.476 e. The molecule has 3 aromatic carbocycles. The Morgan fingerprint density at radius 3 is 2.22 bits per heavy atom. The van der Waals surface area contributed by atoms with Crippen LogP contribution in [0.2, 0.25) is 19.6 Å². The summed E-state index contributed by atoms with van der Waals surface area (Å²) in [4.78, 5) is 8.97. The molecule has 0 bridgehead atoms. The maximum Gasteiger partial charge on any atom is 0.123 e. The van der Waals surface area contributed by atoms with E-state index in [2.05, 4.69) is 47.8 Å². The molecule has 1 aliphatic carbocycles. The predicted octanol–water partition coefficient (Wildman–Crippen LogP) is 9.86. The standard InChI is InChI=1S/C25H24NO.C14H15FNSi.Ir/c1-14-13-26-22-18-12-11-17-16-9-7-8-10-19(16)27-23(17)21(18)25(5,6)24(3,4)20(22)15(14)2;1-17(2,3)13-8-9-14(16-10-13)11-4-6-12(15)7-5-11;/h7-11,13H,1-6H3;4,6-10H,1-3H3;/q2*-1;/i1D3,2D3;;. The van der Waals surface area contributed by atoms with Crippen LogP contribution in [0.25, 0.3) is 44.5 Å². The summed E-state index contributed by atoms with van der Waals surface area (Å²) in [6.45, 7) is 9.63. The number of furan rings is 1. The molecule has 0 unspecified atom stereocenters. The molecule has 233 valence electrons. The molecule has 0 saturated heterocycles. The smallest absolute Gasteiger partial charge is 0.123 e. The van der Waals surface area contributed by atoms with Crippen molar-refractivity contribution in [2.45, 2.75) is 71.9 Å².